The van der Waals surface area contributed by atoms with Gasteiger partial charge in [-0.25, -0.2) is 0 Å². The van der Waals surface area contributed by atoms with E-state index < -0.39 is 5.54 Å². The zero-order chi connectivity index (χ0) is 15.5. The van der Waals surface area contributed by atoms with Gasteiger partial charge in [0.05, 0.1) is 5.54 Å². The molecular formula is C16H24ClN3O2. The molecule has 122 valence electrons. The maximum absolute atomic E-state index is 12.1. The Morgan fingerprint density at radius 3 is 2.36 bits per heavy atom. The van der Waals surface area contributed by atoms with E-state index in [1.807, 2.05) is 6.92 Å². The van der Waals surface area contributed by atoms with Crippen LogP contribution >= 0.6 is 12.4 Å². The fourth-order valence-corrected chi connectivity index (χ4v) is 2.11. The van der Waals surface area contributed by atoms with Gasteiger partial charge in [0.15, 0.2) is 0 Å². The summed E-state index contributed by atoms with van der Waals surface area (Å²) >= 11 is 0. The van der Waals surface area contributed by atoms with Crippen LogP contribution in [-0.4, -0.2) is 23.4 Å². The van der Waals surface area contributed by atoms with E-state index >= 15 is 0 Å². The van der Waals surface area contributed by atoms with E-state index in [0.717, 1.165) is 19.3 Å². The quantitative estimate of drug-likeness (QED) is 0.751. The van der Waals surface area contributed by atoms with Gasteiger partial charge in [-0.1, -0.05) is 13.3 Å². The lowest BCUT2D eigenvalue weighted by Gasteiger charge is -2.22. The van der Waals surface area contributed by atoms with Gasteiger partial charge < -0.3 is 16.4 Å². The van der Waals surface area contributed by atoms with Gasteiger partial charge in [-0.2, -0.15) is 0 Å². The van der Waals surface area contributed by atoms with E-state index in [0.29, 0.717) is 23.7 Å². The lowest BCUT2D eigenvalue weighted by atomic mass is 9.96. The molecule has 0 heterocycles. The van der Waals surface area contributed by atoms with E-state index in [1.165, 1.54) is 0 Å². The lowest BCUT2D eigenvalue weighted by Crippen LogP contribution is -2.48. The number of benzene rings is 1. The molecule has 0 aliphatic heterocycles. The van der Waals surface area contributed by atoms with Crippen LogP contribution in [0.1, 0.15) is 49.9 Å². The van der Waals surface area contributed by atoms with Gasteiger partial charge in [0.25, 0.3) is 5.91 Å². The minimum Gasteiger partial charge on any atom is -0.349 e. The van der Waals surface area contributed by atoms with E-state index in [4.69, 9.17) is 5.73 Å². The normalized spacial score (nSPS) is 16.1. The van der Waals surface area contributed by atoms with Gasteiger partial charge in [-0.15, -0.1) is 12.4 Å². The average molecular weight is 326 g/mol. The van der Waals surface area contributed by atoms with Crippen LogP contribution in [0.25, 0.3) is 0 Å². The Bertz CT molecular complexity index is 525. The first kappa shape index (κ1) is 18.5. The number of rotatable bonds is 6. The Morgan fingerprint density at radius 1 is 1.27 bits per heavy atom. The van der Waals surface area contributed by atoms with Crippen LogP contribution in [0.4, 0.5) is 5.69 Å². The number of carbonyl (C=O) groups excluding carboxylic acids is 2. The molecule has 5 nitrogen and oxygen atoms in total. The highest BCUT2D eigenvalue weighted by Gasteiger charge is 2.27. The number of carbonyl (C=O) groups is 2. The van der Waals surface area contributed by atoms with Crippen molar-refractivity contribution in [2.24, 2.45) is 5.73 Å². The maximum Gasteiger partial charge on any atom is 0.251 e. The zero-order valence-corrected chi connectivity index (χ0v) is 13.8. The van der Waals surface area contributed by atoms with Crippen LogP contribution in [0.2, 0.25) is 0 Å². The monoisotopic (exact) mass is 325 g/mol. The van der Waals surface area contributed by atoms with Crippen LogP contribution < -0.4 is 16.4 Å². The molecule has 0 aromatic heterocycles. The summed E-state index contributed by atoms with van der Waals surface area (Å²) in [5.74, 6) is -0.274. The molecule has 2 rings (SSSR count). The lowest BCUT2D eigenvalue weighted by molar-refractivity contribution is -0.120. The minimum absolute atomic E-state index is 0. The number of nitrogens with two attached hydrogens (primary N) is 1. The molecular weight excluding hydrogens is 302 g/mol. The summed E-state index contributed by atoms with van der Waals surface area (Å²) in [7, 11) is 0. The zero-order valence-electron chi connectivity index (χ0n) is 13.0. The predicted octanol–water partition coefficient (Wildman–Crippen LogP) is 2.46. The van der Waals surface area contributed by atoms with Crippen LogP contribution in [0, 0.1) is 0 Å². The Morgan fingerprint density at radius 2 is 1.86 bits per heavy atom. The van der Waals surface area contributed by atoms with E-state index in [9.17, 15) is 9.59 Å². The van der Waals surface area contributed by atoms with Crippen LogP contribution in [0.3, 0.4) is 0 Å². The number of halogens is 1. The fourth-order valence-electron chi connectivity index (χ4n) is 2.11. The summed E-state index contributed by atoms with van der Waals surface area (Å²) in [5, 5.41) is 5.72. The first-order chi connectivity index (χ1) is 9.92. The molecule has 1 fully saturated rings. The number of hydrogen-bond donors (Lipinski definition) is 3. The molecule has 1 aliphatic rings. The van der Waals surface area contributed by atoms with Crippen LogP contribution in [-0.2, 0) is 4.79 Å². The fraction of sp³-hybridized carbons (Fsp3) is 0.500. The first-order valence-electron chi connectivity index (χ1n) is 7.43. The maximum atomic E-state index is 12.1. The second kappa shape index (κ2) is 7.61. The molecule has 4 N–H and O–H groups in total. The third-order valence-electron chi connectivity index (χ3n) is 3.61. The summed E-state index contributed by atoms with van der Waals surface area (Å²) in [5.41, 5.74) is 6.35. The molecule has 0 saturated heterocycles. The van der Waals surface area contributed by atoms with Crippen molar-refractivity contribution < 1.29 is 9.59 Å². The summed E-state index contributed by atoms with van der Waals surface area (Å²) in [6.07, 6.45) is 3.60. The molecule has 1 aliphatic carbocycles. The first-order valence-corrected chi connectivity index (χ1v) is 7.43. The van der Waals surface area contributed by atoms with Crippen LogP contribution in [0.15, 0.2) is 24.3 Å². The van der Waals surface area contributed by atoms with Crippen molar-refractivity contribution in [3.8, 4) is 0 Å². The Kier molecular flexibility index (Phi) is 6.38. The van der Waals surface area contributed by atoms with Crippen molar-refractivity contribution in [1.82, 2.24) is 5.32 Å². The molecule has 1 atom stereocenters. The molecule has 1 unspecified atom stereocenters. The van der Waals surface area contributed by atoms with Gasteiger partial charge in [-0.05, 0) is 50.5 Å². The average Bonchev–Trinajstić information content (AvgIpc) is 3.23. The van der Waals surface area contributed by atoms with E-state index in [1.54, 1.807) is 31.2 Å². The second-order valence-corrected chi connectivity index (χ2v) is 5.95. The second-order valence-electron chi connectivity index (χ2n) is 5.95. The van der Waals surface area contributed by atoms with Crippen molar-refractivity contribution in [2.75, 3.05) is 5.32 Å². The summed E-state index contributed by atoms with van der Waals surface area (Å²) in [6, 6.07) is 7.20. The highest BCUT2D eigenvalue weighted by atomic mass is 35.5. The SMILES string of the molecule is CCCC(C)(N)C(=O)Nc1ccc(C(=O)NC2CC2)cc1.Cl. The molecule has 0 bridgehead atoms. The van der Waals surface area contributed by atoms with Gasteiger partial charge >= 0.3 is 0 Å². The van der Waals surface area contributed by atoms with Gasteiger partial charge in [0.2, 0.25) is 5.91 Å². The Balaban J connectivity index is 0.00000242. The van der Waals surface area contributed by atoms with Crippen molar-refractivity contribution in [3.05, 3.63) is 29.8 Å². The van der Waals surface area contributed by atoms with E-state index in [2.05, 4.69) is 10.6 Å². The Hall–Kier alpha value is -1.59. The number of hydrogen-bond acceptors (Lipinski definition) is 3. The van der Waals surface area contributed by atoms with Crippen molar-refractivity contribution >= 4 is 29.9 Å². The number of anilines is 1. The highest BCUT2D eigenvalue weighted by molar-refractivity contribution is 5.99. The molecule has 2 amide bonds. The van der Waals surface area contributed by atoms with E-state index in [-0.39, 0.29) is 24.2 Å². The van der Waals surface area contributed by atoms with Gasteiger partial charge in [0, 0.05) is 17.3 Å². The number of amides is 2. The largest absolute Gasteiger partial charge is 0.349 e. The van der Waals surface area contributed by atoms with Gasteiger partial charge in [0.1, 0.15) is 0 Å². The molecule has 6 heteroatoms. The van der Waals surface area contributed by atoms with Crippen molar-refractivity contribution in [2.45, 2.75) is 51.1 Å². The van der Waals surface area contributed by atoms with Gasteiger partial charge in [-0.3, -0.25) is 9.59 Å². The van der Waals surface area contributed by atoms with Crippen molar-refractivity contribution in [3.63, 3.8) is 0 Å². The highest BCUT2D eigenvalue weighted by Crippen LogP contribution is 2.20. The third kappa shape index (κ3) is 5.00. The molecule has 1 aromatic rings. The molecule has 1 saturated carbocycles. The molecule has 0 radical (unpaired) electrons. The van der Waals surface area contributed by atoms with Crippen LogP contribution in [0.5, 0.6) is 0 Å². The predicted molar refractivity (Wildman–Crippen MR) is 90.3 cm³/mol. The molecule has 0 spiro atoms. The standard InChI is InChI=1S/C16H23N3O2.ClH/c1-3-10-16(2,17)15(21)19-13-6-4-11(5-7-13)14(20)18-12-8-9-12;/h4-7,12H,3,8-10,17H2,1-2H3,(H,18,20)(H,19,21);1H. The van der Waals surface area contributed by atoms with Crippen molar-refractivity contribution in [1.29, 1.82) is 0 Å². The summed E-state index contributed by atoms with van der Waals surface area (Å²) < 4.78 is 0. The molecule has 22 heavy (non-hydrogen) atoms. The molecule has 1 aromatic carbocycles. The number of nitrogens with one attached hydrogen (secondary N) is 2. The minimum atomic E-state index is -0.878. The Labute approximate surface area is 137 Å². The topological polar surface area (TPSA) is 84.2 Å². The smallest absolute Gasteiger partial charge is 0.251 e. The summed E-state index contributed by atoms with van der Waals surface area (Å²) in [6.45, 7) is 3.72. The third-order valence-corrected chi connectivity index (χ3v) is 3.61. The summed E-state index contributed by atoms with van der Waals surface area (Å²) in [4.78, 5) is 23.9.